The number of nitrogens with zero attached hydrogens (tertiary/aromatic N) is 2. The molecule has 0 bridgehead atoms. The topological polar surface area (TPSA) is 76.7 Å². The van der Waals surface area contributed by atoms with E-state index in [-0.39, 0.29) is 12.0 Å². The number of carbonyl (C=O) groups excluding carboxylic acids is 1. The van der Waals surface area contributed by atoms with E-state index in [9.17, 15) is 4.79 Å². The maximum atomic E-state index is 12.0. The van der Waals surface area contributed by atoms with E-state index in [1.165, 1.54) is 0 Å². The molecule has 0 aliphatic carbocycles. The summed E-state index contributed by atoms with van der Waals surface area (Å²) in [6.07, 6.45) is 5.06. The summed E-state index contributed by atoms with van der Waals surface area (Å²) in [4.78, 5) is 21.2. The van der Waals surface area contributed by atoms with Crippen LogP contribution in [0.4, 0.5) is 0 Å². The largest absolute Gasteiger partial charge is 0.465 e. The standard InChI is InChI=1S/C14H13N3O3/c18-14(16-9-10-3-1-5-15-8-10)11-7-13(20-17-11)12-4-2-6-19-12/h1-6,8,13H,7,9H2,(H,16,18). The molecule has 20 heavy (non-hydrogen) atoms. The quantitative estimate of drug-likeness (QED) is 0.920. The minimum atomic E-state index is -0.316. The monoisotopic (exact) mass is 271 g/mol. The van der Waals surface area contributed by atoms with Gasteiger partial charge in [-0.1, -0.05) is 11.2 Å². The fourth-order valence-electron chi connectivity index (χ4n) is 1.93. The molecule has 1 atom stereocenters. The molecule has 0 saturated carbocycles. The van der Waals surface area contributed by atoms with E-state index in [4.69, 9.17) is 9.25 Å². The number of nitrogens with one attached hydrogen (secondary N) is 1. The highest BCUT2D eigenvalue weighted by Crippen LogP contribution is 2.27. The van der Waals surface area contributed by atoms with Crippen LogP contribution in [-0.2, 0) is 16.2 Å². The van der Waals surface area contributed by atoms with Crippen molar-refractivity contribution < 1.29 is 14.0 Å². The Morgan fingerprint density at radius 2 is 2.35 bits per heavy atom. The summed E-state index contributed by atoms with van der Waals surface area (Å²) >= 11 is 0. The lowest BCUT2D eigenvalue weighted by Gasteiger charge is -2.04. The molecule has 1 amide bonds. The first kappa shape index (κ1) is 12.4. The van der Waals surface area contributed by atoms with Crippen LogP contribution in [0.25, 0.3) is 0 Å². The molecule has 0 saturated heterocycles. The summed E-state index contributed by atoms with van der Waals surface area (Å²) in [5.74, 6) is 0.437. The first-order valence-electron chi connectivity index (χ1n) is 6.26. The lowest BCUT2D eigenvalue weighted by atomic mass is 10.1. The number of amides is 1. The van der Waals surface area contributed by atoms with Gasteiger partial charge in [-0.2, -0.15) is 0 Å². The molecular weight excluding hydrogens is 258 g/mol. The summed E-state index contributed by atoms with van der Waals surface area (Å²) in [7, 11) is 0. The number of oxime groups is 1. The van der Waals surface area contributed by atoms with Crippen LogP contribution in [0, 0.1) is 0 Å². The van der Waals surface area contributed by atoms with Crippen LogP contribution >= 0.6 is 0 Å². The van der Waals surface area contributed by atoms with Gasteiger partial charge in [-0.3, -0.25) is 9.78 Å². The zero-order chi connectivity index (χ0) is 13.8. The third-order valence-electron chi connectivity index (χ3n) is 2.97. The van der Waals surface area contributed by atoms with Gasteiger partial charge in [0.2, 0.25) is 0 Å². The van der Waals surface area contributed by atoms with Crippen LogP contribution in [0.5, 0.6) is 0 Å². The number of rotatable bonds is 4. The van der Waals surface area contributed by atoms with Gasteiger partial charge in [-0.15, -0.1) is 0 Å². The van der Waals surface area contributed by atoms with Gasteiger partial charge in [0.05, 0.1) is 6.26 Å². The molecule has 6 heteroatoms. The molecule has 1 aliphatic rings. The molecule has 102 valence electrons. The van der Waals surface area contributed by atoms with Crippen LogP contribution < -0.4 is 5.32 Å². The Balaban J connectivity index is 1.54. The number of furan rings is 1. The van der Waals surface area contributed by atoms with Crippen molar-refractivity contribution in [2.24, 2.45) is 5.16 Å². The number of carbonyl (C=O) groups is 1. The summed E-state index contributed by atoms with van der Waals surface area (Å²) in [6, 6.07) is 7.30. The first-order chi connectivity index (χ1) is 9.83. The van der Waals surface area contributed by atoms with Crippen molar-refractivity contribution in [3.05, 3.63) is 54.2 Å². The van der Waals surface area contributed by atoms with E-state index < -0.39 is 0 Å². The predicted octanol–water partition coefficient (Wildman–Crippen LogP) is 1.81. The van der Waals surface area contributed by atoms with Crippen molar-refractivity contribution in [3.8, 4) is 0 Å². The Morgan fingerprint density at radius 1 is 1.40 bits per heavy atom. The minimum absolute atomic E-state index is 0.233. The average Bonchev–Trinajstić information content (AvgIpc) is 3.16. The fourth-order valence-corrected chi connectivity index (χ4v) is 1.93. The van der Waals surface area contributed by atoms with Gasteiger partial charge < -0.3 is 14.6 Å². The Bertz CT molecular complexity index is 608. The van der Waals surface area contributed by atoms with Crippen LogP contribution in [0.2, 0.25) is 0 Å². The second-order valence-corrected chi connectivity index (χ2v) is 4.40. The lowest BCUT2D eigenvalue weighted by molar-refractivity contribution is -0.115. The van der Waals surface area contributed by atoms with E-state index in [1.807, 2.05) is 12.1 Å². The summed E-state index contributed by atoms with van der Waals surface area (Å²) < 4.78 is 5.24. The van der Waals surface area contributed by atoms with Crippen LogP contribution in [0.3, 0.4) is 0 Å². The highest BCUT2D eigenvalue weighted by atomic mass is 16.6. The van der Waals surface area contributed by atoms with Crippen LogP contribution in [-0.4, -0.2) is 16.6 Å². The number of pyridine rings is 1. The third kappa shape index (κ3) is 2.69. The highest BCUT2D eigenvalue weighted by Gasteiger charge is 2.28. The van der Waals surface area contributed by atoms with Gasteiger partial charge in [0.1, 0.15) is 11.5 Å². The molecule has 1 aliphatic heterocycles. The van der Waals surface area contributed by atoms with Gasteiger partial charge in [-0.25, -0.2) is 0 Å². The zero-order valence-electron chi connectivity index (χ0n) is 10.7. The molecule has 0 fully saturated rings. The molecule has 0 spiro atoms. The van der Waals surface area contributed by atoms with Gasteiger partial charge in [0, 0.05) is 25.4 Å². The fraction of sp³-hybridized carbons (Fsp3) is 0.214. The highest BCUT2D eigenvalue weighted by molar-refractivity contribution is 6.39. The van der Waals surface area contributed by atoms with E-state index in [2.05, 4.69) is 15.5 Å². The van der Waals surface area contributed by atoms with Crippen molar-refractivity contribution in [1.82, 2.24) is 10.3 Å². The van der Waals surface area contributed by atoms with Gasteiger partial charge in [0.15, 0.2) is 6.10 Å². The van der Waals surface area contributed by atoms with E-state index in [1.54, 1.807) is 30.8 Å². The number of aromatic nitrogens is 1. The SMILES string of the molecule is O=C(NCc1cccnc1)C1=NOC(c2ccco2)C1. The maximum Gasteiger partial charge on any atom is 0.269 e. The Kier molecular flexibility index (Phi) is 3.45. The summed E-state index contributed by atoms with van der Waals surface area (Å²) in [6.45, 7) is 0.414. The maximum absolute atomic E-state index is 12.0. The van der Waals surface area contributed by atoms with Gasteiger partial charge in [0.25, 0.3) is 5.91 Å². The van der Waals surface area contributed by atoms with E-state index >= 15 is 0 Å². The van der Waals surface area contributed by atoms with E-state index in [0.717, 1.165) is 5.56 Å². The van der Waals surface area contributed by atoms with Crippen molar-refractivity contribution in [3.63, 3.8) is 0 Å². The van der Waals surface area contributed by atoms with Crippen molar-refractivity contribution in [1.29, 1.82) is 0 Å². The second-order valence-electron chi connectivity index (χ2n) is 4.40. The van der Waals surface area contributed by atoms with Crippen LogP contribution in [0.15, 0.2) is 52.5 Å². The lowest BCUT2D eigenvalue weighted by Crippen LogP contribution is -2.29. The Labute approximate surface area is 115 Å². The molecule has 1 unspecified atom stereocenters. The molecule has 1 N–H and O–H groups in total. The minimum Gasteiger partial charge on any atom is -0.465 e. The number of hydrogen-bond donors (Lipinski definition) is 1. The smallest absolute Gasteiger partial charge is 0.269 e. The molecule has 2 aromatic heterocycles. The molecular formula is C14H13N3O3. The second kappa shape index (κ2) is 5.56. The Hall–Kier alpha value is -2.63. The first-order valence-corrected chi connectivity index (χ1v) is 6.26. The van der Waals surface area contributed by atoms with Crippen molar-refractivity contribution >= 4 is 11.6 Å². The van der Waals surface area contributed by atoms with Gasteiger partial charge in [-0.05, 0) is 23.8 Å². The average molecular weight is 271 g/mol. The van der Waals surface area contributed by atoms with Crippen molar-refractivity contribution in [2.45, 2.75) is 19.1 Å². The molecule has 3 heterocycles. The zero-order valence-corrected chi connectivity index (χ0v) is 10.7. The summed E-state index contributed by atoms with van der Waals surface area (Å²) in [5, 5.41) is 6.60. The molecule has 3 rings (SSSR count). The molecule has 0 radical (unpaired) electrons. The predicted molar refractivity (Wildman–Crippen MR) is 70.7 cm³/mol. The molecule has 0 aromatic carbocycles. The number of hydrogen-bond acceptors (Lipinski definition) is 5. The normalized spacial score (nSPS) is 17.4. The van der Waals surface area contributed by atoms with E-state index in [0.29, 0.717) is 24.4 Å². The van der Waals surface area contributed by atoms with Gasteiger partial charge >= 0.3 is 0 Å². The Morgan fingerprint density at radius 3 is 3.10 bits per heavy atom. The van der Waals surface area contributed by atoms with Crippen LogP contribution in [0.1, 0.15) is 23.8 Å². The summed E-state index contributed by atoms with van der Waals surface area (Å²) in [5.41, 5.74) is 1.30. The molecule has 2 aromatic rings. The van der Waals surface area contributed by atoms with Crippen molar-refractivity contribution in [2.75, 3.05) is 0 Å². The third-order valence-corrected chi connectivity index (χ3v) is 2.97. The molecule has 6 nitrogen and oxygen atoms in total.